The summed E-state index contributed by atoms with van der Waals surface area (Å²) in [6.07, 6.45) is 0. The van der Waals surface area contributed by atoms with Crippen LogP contribution in [-0.4, -0.2) is 53.6 Å². The van der Waals surface area contributed by atoms with Crippen molar-refractivity contribution in [2.75, 3.05) is 37.7 Å². The van der Waals surface area contributed by atoms with E-state index in [1.807, 2.05) is 16.7 Å². The molecule has 11 heteroatoms. The Morgan fingerprint density at radius 2 is 1.97 bits per heavy atom. The maximum absolute atomic E-state index is 12.6. The molecule has 0 aromatic heterocycles. The first kappa shape index (κ1) is 23.2. The number of benzene rings is 2. The Morgan fingerprint density at radius 3 is 2.55 bits per heavy atom. The van der Waals surface area contributed by atoms with Gasteiger partial charge in [0.2, 0.25) is 0 Å². The lowest BCUT2D eigenvalue weighted by atomic mass is 10.2. The zero-order chi connectivity index (χ0) is 22.5. The molecule has 1 heterocycles. The average molecular weight is 528 g/mol. The highest BCUT2D eigenvalue weighted by Gasteiger charge is 2.23. The van der Waals surface area contributed by atoms with Gasteiger partial charge in [-0.3, -0.25) is 20.2 Å². The molecule has 2 aromatic carbocycles. The van der Waals surface area contributed by atoms with Gasteiger partial charge in [-0.1, -0.05) is 11.6 Å². The van der Waals surface area contributed by atoms with E-state index < -0.39 is 4.92 Å². The number of nitro groups is 1. The van der Waals surface area contributed by atoms with E-state index in [1.165, 1.54) is 12.1 Å². The SMILES string of the molecule is CCOc1ccc(C(=O)NC(=S)N2CCN(c3ccc([N+](=O)[O-])cc3Cl)CC2)cc1Br. The van der Waals surface area contributed by atoms with Crippen LogP contribution in [0.5, 0.6) is 5.75 Å². The molecule has 0 unspecified atom stereocenters. The number of carbonyl (C=O) groups excluding carboxylic acids is 1. The lowest BCUT2D eigenvalue weighted by Crippen LogP contribution is -2.52. The van der Waals surface area contributed by atoms with Gasteiger partial charge in [0.05, 0.1) is 26.7 Å². The van der Waals surface area contributed by atoms with E-state index in [1.54, 1.807) is 24.3 Å². The van der Waals surface area contributed by atoms with Gasteiger partial charge in [-0.2, -0.15) is 0 Å². The Balaban J connectivity index is 1.57. The number of rotatable bonds is 5. The summed E-state index contributed by atoms with van der Waals surface area (Å²) < 4.78 is 6.16. The molecule has 3 rings (SSSR count). The van der Waals surface area contributed by atoms with Crippen LogP contribution in [0.15, 0.2) is 40.9 Å². The maximum atomic E-state index is 12.6. The van der Waals surface area contributed by atoms with Gasteiger partial charge >= 0.3 is 0 Å². The van der Waals surface area contributed by atoms with Crippen molar-refractivity contribution < 1.29 is 14.5 Å². The molecule has 0 bridgehead atoms. The molecule has 1 aliphatic heterocycles. The summed E-state index contributed by atoms with van der Waals surface area (Å²) in [4.78, 5) is 26.9. The van der Waals surface area contributed by atoms with Gasteiger partial charge in [-0.05, 0) is 59.3 Å². The van der Waals surface area contributed by atoms with Crippen molar-refractivity contribution in [3.63, 3.8) is 0 Å². The highest BCUT2D eigenvalue weighted by atomic mass is 79.9. The van der Waals surface area contributed by atoms with Gasteiger partial charge in [-0.15, -0.1) is 0 Å². The number of halogens is 2. The first-order valence-corrected chi connectivity index (χ1v) is 11.1. The van der Waals surface area contributed by atoms with E-state index in [0.717, 1.165) is 5.69 Å². The quantitative estimate of drug-likeness (QED) is 0.353. The van der Waals surface area contributed by atoms with Crippen LogP contribution in [0.25, 0.3) is 0 Å². The monoisotopic (exact) mass is 526 g/mol. The van der Waals surface area contributed by atoms with E-state index in [4.69, 9.17) is 28.6 Å². The van der Waals surface area contributed by atoms with Crippen molar-refractivity contribution in [3.8, 4) is 5.75 Å². The van der Waals surface area contributed by atoms with Gasteiger partial charge in [0.25, 0.3) is 11.6 Å². The molecular formula is C20H20BrClN4O4S. The average Bonchev–Trinajstić information content (AvgIpc) is 2.75. The normalized spacial score (nSPS) is 13.6. The minimum absolute atomic E-state index is 0.0443. The molecule has 2 aromatic rings. The lowest BCUT2D eigenvalue weighted by molar-refractivity contribution is -0.384. The number of hydrogen-bond donors (Lipinski definition) is 1. The van der Waals surface area contributed by atoms with Crippen LogP contribution in [0.3, 0.4) is 0 Å². The predicted molar refractivity (Wildman–Crippen MR) is 127 cm³/mol. The third kappa shape index (κ3) is 5.63. The molecule has 1 N–H and O–H groups in total. The van der Waals surface area contributed by atoms with Crippen molar-refractivity contribution in [2.45, 2.75) is 6.92 Å². The Labute approximate surface area is 198 Å². The van der Waals surface area contributed by atoms with E-state index in [2.05, 4.69) is 21.2 Å². The maximum Gasteiger partial charge on any atom is 0.271 e. The topological polar surface area (TPSA) is 88.0 Å². The van der Waals surface area contributed by atoms with Crippen molar-refractivity contribution in [2.24, 2.45) is 0 Å². The number of non-ortho nitro benzene ring substituents is 1. The smallest absolute Gasteiger partial charge is 0.271 e. The highest BCUT2D eigenvalue weighted by Crippen LogP contribution is 2.30. The van der Waals surface area contributed by atoms with Crippen molar-refractivity contribution in [3.05, 3.63) is 61.6 Å². The Hall–Kier alpha value is -2.43. The third-order valence-electron chi connectivity index (χ3n) is 4.76. The van der Waals surface area contributed by atoms with Crippen LogP contribution in [0, 0.1) is 10.1 Å². The van der Waals surface area contributed by atoms with Crippen molar-refractivity contribution in [1.82, 2.24) is 10.2 Å². The number of nitrogens with one attached hydrogen (secondary N) is 1. The fraction of sp³-hybridized carbons (Fsp3) is 0.300. The molecular weight excluding hydrogens is 508 g/mol. The molecule has 0 radical (unpaired) electrons. The van der Waals surface area contributed by atoms with Crippen molar-refractivity contribution >= 4 is 62.1 Å². The molecule has 1 aliphatic rings. The number of amides is 1. The number of ether oxygens (including phenoxy) is 1. The fourth-order valence-corrected chi connectivity index (χ4v) is 4.24. The van der Waals surface area contributed by atoms with E-state index in [9.17, 15) is 14.9 Å². The van der Waals surface area contributed by atoms with Crippen molar-refractivity contribution in [1.29, 1.82) is 0 Å². The second-order valence-corrected chi connectivity index (χ2v) is 8.35. The standard InChI is InChI=1S/C20H20BrClN4O4S/c1-2-30-18-6-3-13(11-15(18)21)19(27)23-20(31)25-9-7-24(8-10-25)17-5-4-14(26(28)29)12-16(17)22/h3-6,11-12H,2,7-10H2,1H3,(H,23,27,31). The molecule has 1 amide bonds. The van der Waals surface area contributed by atoms with Crippen LogP contribution in [0.1, 0.15) is 17.3 Å². The number of thiocarbonyl (C=S) groups is 1. The first-order chi connectivity index (χ1) is 14.8. The molecule has 0 aliphatic carbocycles. The number of carbonyl (C=O) groups is 1. The lowest BCUT2D eigenvalue weighted by Gasteiger charge is -2.37. The first-order valence-electron chi connectivity index (χ1n) is 9.51. The summed E-state index contributed by atoms with van der Waals surface area (Å²) in [5.74, 6) is 0.372. The number of anilines is 1. The summed E-state index contributed by atoms with van der Waals surface area (Å²) in [5.41, 5.74) is 1.16. The Kier molecular flexibility index (Phi) is 7.69. The van der Waals surface area contributed by atoms with Gasteiger partial charge in [0.15, 0.2) is 5.11 Å². The zero-order valence-corrected chi connectivity index (χ0v) is 19.8. The van der Waals surface area contributed by atoms with Crippen LogP contribution >= 0.6 is 39.7 Å². The minimum atomic E-state index is -0.475. The molecule has 0 spiro atoms. The van der Waals surface area contributed by atoms with E-state index in [0.29, 0.717) is 58.7 Å². The van der Waals surface area contributed by atoms with Crippen LogP contribution in [-0.2, 0) is 0 Å². The summed E-state index contributed by atoms with van der Waals surface area (Å²) >= 11 is 15.1. The minimum Gasteiger partial charge on any atom is -0.493 e. The number of nitrogens with zero attached hydrogens (tertiary/aromatic N) is 3. The largest absolute Gasteiger partial charge is 0.493 e. The zero-order valence-electron chi connectivity index (χ0n) is 16.6. The third-order valence-corrected chi connectivity index (χ3v) is 6.05. The predicted octanol–water partition coefficient (Wildman–Crippen LogP) is 4.25. The van der Waals surface area contributed by atoms with E-state index >= 15 is 0 Å². The van der Waals surface area contributed by atoms with E-state index in [-0.39, 0.29) is 11.6 Å². The molecule has 1 fully saturated rings. The molecule has 1 saturated heterocycles. The number of piperazine rings is 1. The second kappa shape index (κ2) is 10.3. The molecule has 31 heavy (non-hydrogen) atoms. The fourth-order valence-electron chi connectivity index (χ4n) is 3.18. The Bertz CT molecular complexity index is 1010. The van der Waals surface area contributed by atoms with Crippen LogP contribution in [0.4, 0.5) is 11.4 Å². The molecule has 164 valence electrons. The number of hydrogen-bond acceptors (Lipinski definition) is 6. The van der Waals surface area contributed by atoms with Crippen LogP contribution in [0.2, 0.25) is 5.02 Å². The van der Waals surface area contributed by atoms with Gasteiger partial charge in [-0.25, -0.2) is 0 Å². The Morgan fingerprint density at radius 1 is 1.26 bits per heavy atom. The second-order valence-electron chi connectivity index (χ2n) is 6.70. The number of nitro benzene ring substituents is 1. The molecule has 0 atom stereocenters. The summed E-state index contributed by atoms with van der Waals surface area (Å²) in [5, 5.41) is 14.3. The van der Waals surface area contributed by atoms with Gasteiger partial charge in [0.1, 0.15) is 5.75 Å². The summed E-state index contributed by atoms with van der Waals surface area (Å²) in [6, 6.07) is 9.55. The van der Waals surface area contributed by atoms with Gasteiger partial charge < -0.3 is 14.5 Å². The highest BCUT2D eigenvalue weighted by molar-refractivity contribution is 9.10. The summed E-state index contributed by atoms with van der Waals surface area (Å²) in [6.45, 7) is 4.81. The molecule has 8 nitrogen and oxygen atoms in total. The van der Waals surface area contributed by atoms with Crippen LogP contribution < -0.4 is 15.0 Å². The molecule has 0 saturated carbocycles. The summed E-state index contributed by atoms with van der Waals surface area (Å²) in [7, 11) is 0. The van der Waals surface area contributed by atoms with Gasteiger partial charge in [0, 0.05) is 43.9 Å².